The van der Waals surface area contributed by atoms with E-state index in [0.717, 1.165) is 39.9 Å². The largest absolute Gasteiger partial charge is 0.493 e. The number of anilines is 1. The van der Waals surface area contributed by atoms with Crippen LogP contribution < -0.4 is 10.1 Å². The average molecular weight is 516 g/mol. The lowest BCUT2D eigenvalue weighted by molar-refractivity contribution is 0.0292. The topological polar surface area (TPSA) is 120 Å². The molecule has 5 rings (SSSR count). The number of fused-ring (bicyclic) bond motifs is 1. The Morgan fingerprint density at radius 1 is 0.921 bits per heavy atom. The molecule has 198 valence electrons. The second-order valence-corrected chi connectivity index (χ2v) is 9.45. The van der Waals surface area contributed by atoms with Crippen molar-refractivity contribution in [1.29, 1.82) is 0 Å². The number of aliphatic hydroxyl groups is 4. The van der Waals surface area contributed by atoms with Crippen molar-refractivity contribution in [2.24, 2.45) is 0 Å². The zero-order chi connectivity index (χ0) is 26.5. The smallest absolute Gasteiger partial charge is 0.204 e. The number of rotatable bonds is 11. The van der Waals surface area contributed by atoms with E-state index in [1.54, 1.807) is 6.08 Å². The zero-order valence-corrected chi connectivity index (χ0v) is 21.1. The van der Waals surface area contributed by atoms with Gasteiger partial charge in [0.1, 0.15) is 18.0 Å². The predicted molar refractivity (Wildman–Crippen MR) is 147 cm³/mol. The molecule has 0 aliphatic heterocycles. The summed E-state index contributed by atoms with van der Waals surface area (Å²) in [6.45, 7) is 0.780. The molecule has 3 unspecified atom stereocenters. The molecule has 0 spiro atoms. The van der Waals surface area contributed by atoms with Crippen molar-refractivity contribution >= 4 is 17.0 Å². The predicted octanol–water partition coefficient (Wildman–Crippen LogP) is 3.66. The van der Waals surface area contributed by atoms with Gasteiger partial charge in [-0.3, -0.25) is 0 Å². The van der Waals surface area contributed by atoms with Crippen molar-refractivity contribution < 1.29 is 25.2 Å². The molecule has 5 N–H and O–H groups in total. The summed E-state index contributed by atoms with van der Waals surface area (Å²) < 4.78 is 8.01. The van der Waals surface area contributed by atoms with Gasteiger partial charge in [-0.05, 0) is 47.7 Å². The van der Waals surface area contributed by atoms with Crippen molar-refractivity contribution in [3.05, 3.63) is 90.0 Å². The van der Waals surface area contributed by atoms with Crippen LogP contribution in [0.5, 0.6) is 5.75 Å². The van der Waals surface area contributed by atoms with Gasteiger partial charge in [0.05, 0.1) is 30.3 Å². The van der Waals surface area contributed by atoms with Gasteiger partial charge in [0.2, 0.25) is 5.95 Å². The van der Waals surface area contributed by atoms with E-state index in [9.17, 15) is 15.3 Å². The third-order valence-corrected chi connectivity index (χ3v) is 6.91. The Morgan fingerprint density at radius 2 is 1.71 bits per heavy atom. The Labute approximate surface area is 221 Å². The number of para-hydroxylation sites is 2. The molecule has 0 bridgehead atoms. The summed E-state index contributed by atoms with van der Waals surface area (Å²) in [5.41, 5.74) is 5.01. The van der Waals surface area contributed by atoms with Crippen molar-refractivity contribution in [1.82, 2.24) is 9.55 Å². The number of aromatic nitrogens is 2. The maximum atomic E-state index is 10.8. The van der Waals surface area contributed by atoms with Crippen molar-refractivity contribution in [3.8, 4) is 16.9 Å². The van der Waals surface area contributed by atoms with Crippen LogP contribution in [-0.2, 0) is 6.54 Å². The van der Waals surface area contributed by atoms with Crippen molar-refractivity contribution in [2.45, 2.75) is 37.6 Å². The van der Waals surface area contributed by atoms with Gasteiger partial charge in [0.15, 0.2) is 0 Å². The quantitative estimate of drug-likeness (QED) is 0.153. The fourth-order valence-electron chi connectivity index (χ4n) is 4.90. The van der Waals surface area contributed by atoms with E-state index in [1.165, 1.54) is 0 Å². The van der Waals surface area contributed by atoms with Crippen LogP contribution in [0.2, 0.25) is 0 Å². The first kappa shape index (κ1) is 25.9. The number of imidazole rings is 1. The summed E-state index contributed by atoms with van der Waals surface area (Å²) in [4.78, 5) is 4.75. The Hall–Kier alpha value is -3.69. The van der Waals surface area contributed by atoms with E-state index in [-0.39, 0.29) is 13.2 Å². The van der Waals surface area contributed by atoms with E-state index >= 15 is 0 Å². The maximum Gasteiger partial charge on any atom is 0.204 e. The molecule has 0 radical (unpaired) electrons. The molecule has 3 aromatic carbocycles. The number of unbranched alkanes of at least 4 members (excludes halogenated alkanes) is 1. The van der Waals surface area contributed by atoms with Crippen LogP contribution in [0.4, 0.5) is 5.95 Å². The van der Waals surface area contributed by atoms with Gasteiger partial charge in [-0.15, -0.1) is 0 Å². The highest BCUT2D eigenvalue weighted by atomic mass is 16.5. The van der Waals surface area contributed by atoms with Gasteiger partial charge < -0.3 is 35.0 Å². The molecule has 0 saturated heterocycles. The number of nitrogens with one attached hydrogen (secondary N) is 1. The summed E-state index contributed by atoms with van der Waals surface area (Å²) >= 11 is 0. The van der Waals surface area contributed by atoms with Crippen LogP contribution >= 0.6 is 0 Å². The highest BCUT2D eigenvalue weighted by molar-refractivity contribution is 5.79. The fraction of sp³-hybridized carbons (Fsp3) is 0.300. The third kappa shape index (κ3) is 5.30. The molecule has 38 heavy (non-hydrogen) atoms. The number of ether oxygens (including phenoxy) is 1. The number of hydrogen-bond donors (Lipinski definition) is 5. The van der Waals surface area contributed by atoms with E-state index in [4.69, 9.17) is 14.8 Å². The molecule has 0 amide bonds. The van der Waals surface area contributed by atoms with E-state index in [0.29, 0.717) is 31.1 Å². The standard InChI is InChI=1S/C30H33N3O5/c34-14-6-7-15-38-27-16-20(12-13-23(27)21-8-2-1-3-9-21)18-31-30-32-24-10-4-5-11-25(24)33(30)26-17-22(19-35)28(36)29(26)37/h1-5,8-13,16-17,26,28-29,34-37H,6-7,14-15,18-19H2,(H,31,32). The van der Waals surface area contributed by atoms with E-state index in [2.05, 4.69) is 5.32 Å². The van der Waals surface area contributed by atoms with Crippen molar-refractivity contribution in [3.63, 3.8) is 0 Å². The highest BCUT2D eigenvalue weighted by Gasteiger charge is 2.37. The molecule has 1 aliphatic carbocycles. The molecular formula is C30H33N3O5. The molecule has 0 saturated carbocycles. The maximum absolute atomic E-state index is 10.8. The van der Waals surface area contributed by atoms with Gasteiger partial charge in [-0.1, -0.05) is 60.7 Å². The molecule has 8 heteroatoms. The first-order valence-electron chi connectivity index (χ1n) is 12.9. The fourth-order valence-corrected chi connectivity index (χ4v) is 4.90. The minimum absolute atomic E-state index is 0.140. The molecular weight excluding hydrogens is 482 g/mol. The average Bonchev–Trinajstić information content (AvgIpc) is 3.46. The number of hydrogen-bond acceptors (Lipinski definition) is 7. The molecule has 1 aromatic heterocycles. The molecule has 3 atom stereocenters. The van der Waals surface area contributed by atoms with Crippen LogP contribution in [0.3, 0.4) is 0 Å². The Bertz CT molecular complexity index is 1400. The lowest BCUT2D eigenvalue weighted by Crippen LogP contribution is -2.30. The Morgan fingerprint density at radius 3 is 2.47 bits per heavy atom. The first-order chi connectivity index (χ1) is 18.6. The van der Waals surface area contributed by atoms with Gasteiger partial charge in [-0.25, -0.2) is 4.98 Å². The van der Waals surface area contributed by atoms with Gasteiger partial charge >= 0.3 is 0 Å². The summed E-state index contributed by atoms with van der Waals surface area (Å²) in [6.07, 6.45) is 0.929. The minimum Gasteiger partial charge on any atom is -0.493 e. The third-order valence-electron chi connectivity index (χ3n) is 6.91. The summed E-state index contributed by atoms with van der Waals surface area (Å²) in [5.74, 6) is 1.32. The molecule has 1 aliphatic rings. The number of nitrogens with zero attached hydrogens (tertiary/aromatic N) is 2. The zero-order valence-electron chi connectivity index (χ0n) is 21.1. The first-order valence-corrected chi connectivity index (χ1v) is 12.9. The summed E-state index contributed by atoms with van der Waals surface area (Å²) in [7, 11) is 0. The second kappa shape index (κ2) is 11.8. The van der Waals surface area contributed by atoms with Gasteiger partial charge in [0.25, 0.3) is 0 Å². The molecule has 0 fully saturated rings. The normalized spacial score (nSPS) is 19.1. The van der Waals surface area contributed by atoms with E-state index < -0.39 is 18.2 Å². The van der Waals surface area contributed by atoms with Gasteiger partial charge in [-0.2, -0.15) is 0 Å². The summed E-state index contributed by atoms with van der Waals surface area (Å²) in [6, 6.07) is 23.2. The Balaban J connectivity index is 1.43. The lowest BCUT2D eigenvalue weighted by Gasteiger charge is -2.22. The van der Waals surface area contributed by atoms with Crippen LogP contribution in [-0.4, -0.2) is 62.0 Å². The van der Waals surface area contributed by atoms with Crippen LogP contribution in [0, 0.1) is 0 Å². The van der Waals surface area contributed by atoms with Crippen LogP contribution in [0.15, 0.2) is 84.4 Å². The van der Waals surface area contributed by atoms with E-state index in [1.807, 2.05) is 77.4 Å². The Kier molecular flexibility index (Phi) is 8.05. The van der Waals surface area contributed by atoms with Gasteiger partial charge in [0, 0.05) is 18.7 Å². The minimum atomic E-state index is -1.13. The van der Waals surface area contributed by atoms with Crippen LogP contribution in [0.1, 0.15) is 24.4 Å². The van der Waals surface area contributed by atoms with Crippen molar-refractivity contribution in [2.75, 3.05) is 25.1 Å². The van der Waals surface area contributed by atoms with Crippen LogP contribution in [0.25, 0.3) is 22.2 Å². The lowest BCUT2D eigenvalue weighted by atomic mass is 10.0. The second-order valence-electron chi connectivity index (χ2n) is 9.45. The SMILES string of the molecule is OCCCCOc1cc(CNc2nc3ccccc3n2C2C=C(CO)C(O)C2O)ccc1-c1ccccc1. The highest BCUT2D eigenvalue weighted by Crippen LogP contribution is 2.36. The monoisotopic (exact) mass is 515 g/mol. The molecule has 4 aromatic rings. The number of aliphatic hydroxyl groups excluding tert-OH is 4. The molecule has 8 nitrogen and oxygen atoms in total. The molecule has 1 heterocycles. The summed E-state index contributed by atoms with van der Waals surface area (Å²) in [5, 5.41) is 43.3. The number of benzene rings is 3.